The van der Waals surface area contributed by atoms with Gasteiger partial charge in [0, 0.05) is 25.2 Å². The molecule has 0 aliphatic carbocycles. The van der Waals surface area contributed by atoms with Gasteiger partial charge >= 0.3 is 6.18 Å². The third-order valence-corrected chi connectivity index (χ3v) is 4.13. The number of likely N-dealkylation sites (N-methyl/N-ethyl adjacent to an activating group) is 1. The molecule has 0 aromatic heterocycles. The van der Waals surface area contributed by atoms with E-state index < -0.39 is 18.0 Å². The summed E-state index contributed by atoms with van der Waals surface area (Å²) >= 11 is 0. The summed E-state index contributed by atoms with van der Waals surface area (Å²) in [6.45, 7) is 1.60. The maximum absolute atomic E-state index is 13.3. The van der Waals surface area contributed by atoms with Gasteiger partial charge in [0.1, 0.15) is 12.4 Å². The van der Waals surface area contributed by atoms with E-state index in [1.807, 2.05) is 6.07 Å². The summed E-state index contributed by atoms with van der Waals surface area (Å²) in [6, 6.07) is 5.44. The largest absolute Gasteiger partial charge is 0.492 e. The molecule has 1 unspecified atom stereocenters. The SMILES string of the molecule is CNCCOc1cccc2c1CN(C1=CN=NC(=O)C1C(F)(F)F)C2. The van der Waals surface area contributed by atoms with Crippen LogP contribution < -0.4 is 10.1 Å². The molecule has 1 N–H and O–H groups in total. The Kier molecular flexibility index (Phi) is 4.76. The molecular weight excluding hydrogens is 337 g/mol. The van der Waals surface area contributed by atoms with Crippen LogP contribution in [0.5, 0.6) is 5.75 Å². The summed E-state index contributed by atoms with van der Waals surface area (Å²) in [5.74, 6) is -2.91. The maximum atomic E-state index is 13.3. The summed E-state index contributed by atoms with van der Waals surface area (Å²) in [5, 5.41) is 9.44. The number of nitrogens with zero attached hydrogens (tertiary/aromatic N) is 3. The van der Waals surface area contributed by atoms with Crippen LogP contribution in [0.1, 0.15) is 11.1 Å². The van der Waals surface area contributed by atoms with Crippen LogP contribution in [0.4, 0.5) is 13.2 Å². The molecular formula is C16H17F3N4O2. The van der Waals surface area contributed by atoms with Crippen molar-refractivity contribution >= 4 is 5.91 Å². The van der Waals surface area contributed by atoms with Crippen molar-refractivity contribution in [2.24, 2.45) is 16.1 Å². The lowest BCUT2D eigenvalue weighted by atomic mass is 10.0. The van der Waals surface area contributed by atoms with Crippen LogP contribution in [0.2, 0.25) is 0 Å². The fourth-order valence-corrected chi connectivity index (χ4v) is 2.95. The van der Waals surface area contributed by atoms with Gasteiger partial charge in [-0.2, -0.15) is 18.3 Å². The number of ether oxygens (including phenoxy) is 1. The second kappa shape index (κ2) is 6.83. The van der Waals surface area contributed by atoms with E-state index in [1.165, 1.54) is 4.90 Å². The molecule has 0 spiro atoms. The molecule has 0 bridgehead atoms. The number of nitrogens with one attached hydrogen (secondary N) is 1. The van der Waals surface area contributed by atoms with Gasteiger partial charge in [0.15, 0.2) is 5.92 Å². The zero-order valence-corrected chi connectivity index (χ0v) is 13.5. The first-order chi connectivity index (χ1) is 11.9. The smallest absolute Gasteiger partial charge is 0.406 e. The lowest BCUT2D eigenvalue weighted by Gasteiger charge is -2.28. The van der Waals surface area contributed by atoms with E-state index in [4.69, 9.17) is 4.74 Å². The number of rotatable bonds is 5. The predicted octanol–water partition coefficient (Wildman–Crippen LogP) is 2.61. The van der Waals surface area contributed by atoms with Crippen LogP contribution in [-0.2, 0) is 17.9 Å². The number of hydrogen-bond donors (Lipinski definition) is 1. The molecule has 2 aliphatic rings. The second-order valence-electron chi connectivity index (χ2n) is 5.78. The van der Waals surface area contributed by atoms with Crippen molar-refractivity contribution in [1.82, 2.24) is 10.2 Å². The second-order valence-corrected chi connectivity index (χ2v) is 5.78. The number of carbonyl (C=O) groups excluding carboxylic acids is 1. The normalized spacial score (nSPS) is 19.8. The number of fused-ring (bicyclic) bond motifs is 1. The lowest BCUT2D eigenvalue weighted by molar-refractivity contribution is -0.177. The van der Waals surface area contributed by atoms with Crippen LogP contribution in [0.3, 0.4) is 0 Å². The number of alkyl halides is 3. The van der Waals surface area contributed by atoms with E-state index in [1.54, 1.807) is 19.2 Å². The molecule has 0 radical (unpaired) electrons. The molecule has 6 nitrogen and oxygen atoms in total. The van der Waals surface area contributed by atoms with Crippen LogP contribution in [-0.4, -0.2) is 37.2 Å². The minimum atomic E-state index is -4.71. The first-order valence-corrected chi connectivity index (χ1v) is 7.76. The first-order valence-electron chi connectivity index (χ1n) is 7.76. The van der Waals surface area contributed by atoms with Gasteiger partial charge in [-0.1, -0.05) is 12.1 Å². The van der Waals surface area contributed by atoms with Gasteiger partial charge in [-0.3, -0.25) is 4.79 Å². The molecule has 1 aromatic rings. The van der Waals surface area contributed by atoms with Gasteiger partial charge in [-0.25, -0.2) is 0 Å². The van der Waals surface area contributed by atoms with E-state index >= 15 is 0 Å². The molecule has 0 fully saturated rings. The van der Waals surface area contributed by atoms with E-state index in [9.17, 15) is 18.0 Å². The summed E-state index contributed by atoms with van der Waals surface area (Å²) < 4.78 is 45.6. The van der Waals surface area contributed by atoms with E-state index in [0.717, 1.165) is 17.3 Å². The fraction of sp³-hybridized carbons (Fsp3) is 0.438. The van der Waals surface area contributed by atoms with E-state index in [0.29, 0.717) is 18.9 Å². The number of amides is 1. The Hall–Kier alpha value is -2.42. The van der Waals surface area contributed by atoms with Gasteiger partial charge in [-0.05, 0) is 18.7 Å². The lowest BCUT2D eigenvalue weighted by Crippen LogP contribution is -2.38. The highest BCUT2D eigenvalue weighted by atomic mass is 19.4. The number of hydrogen-bond acceptors (Lipinski definition) is 5. The van der Waals surface area contributed by atoms with Crippen molar-refractivity contribution in [2.45, 2.75) is 19.3 Å². The zero-order valence-electron chi connectivity index (χ0n) is 13.5. The Morgan fingerprint density at radius 2 is 2.16 bits per heavy atom. The Bertz CT molecular complexity index is 731. The molecule has 0 saturated heterocycles. The van der Waals surface area contributed by atoms with Crippen LogP contribution in [0.25, 0.3) is 0 Å². The molecule has 9 heteroatoms. The average molecular weight is 354 g/mol. The average Bonchev–Trinajstić information content (AvgIpc) is 2.98. The van der Waals surface area contributed by atoms with Crippen LogP contribution in [0.15, 0.2) is 40.3 Å². The maximum Gasteiger partial charge on any atom is 0.406 e. The monoisotopic (exact) mass is 354 g/mol. The summed E-state index contributed by atoms with van der Waals surface area (Å²) in [7, 11) is 1.80. The summed E-state index contributed by atoms with van der Waals surface area (Å²) in [5.41, 5.74) is 1.53. The number of halogens is 3. The van der Waals surface area contributed by atoms with Crippen molar-refractivity contribution in [3.8, 4) is 5.75 Å². The Morgan fingerprint density at radius 1 is 1.36 bits per heavy atom. The Balaban J connectivity index is 1.84. The molecule has 2 aliphatic heterocycles. The van der Waals surface area contributed by atoms with Crippen molar-refractivity contribution in [1.29, 1.82) is 0 Å². The van der Waals surface area contributed by atoms with Crippen molar-refractivity contribution in [3.63, 3.8) is 0 Å². The summed E-state index contributed by atoms with van der Waals surface area (Å²) in [6.07, 6.45) is -3.68. The van der Waals surface area contributed by atoms with Crippen molar-refractivity contribution in [2.75, 3.05) is 20.2 Å². The van der Waals surface area contributed by atoms with Gasteiger partial charge in [0.2, 0.25) is 0 Å². The van der Waals surface area contributed by atoms with Crippen molar-refractivity contribution < 1.29 is 22.7 Å². The summed E-state index contributed by atoms with van der Waals surface area (Å²) in [4.78, 5) is 13.1. The minimum absolute atomic E-state index is 0.176. The predicted molar refractivity (Wildman–Crippen MR) is 82.6 cm³/mol. The molecule has 25 heavy (non-hydrogen) atoms. The van der Waals surface area contributed by atoms with Crippen LogP contribution in [0, 0.1) is 5.92 Å². The highest BCUT2D eigenvalue weighted by molar-refractivity contribution is 5.83. The minimum Gasteiger partial charge on any atom is -0.492 e. The number of azo groups is 1. The van der Waals surface area contributed by atoms with Gasteiger partial charge in [0.25, 0.3) is 5.91 Å². The molecule has 2 heterocycles. The molecule has 3 rings (SSSR count). The van der Waals surface area contributed by atoms with Crippen molar-refractivity contribution in [3.05, 3.63) is 41.2 Å². The Morgan fingerprint density at radius 3 is 2.88 bits per heavy atom. The standard InChI is InChI=1S/C16H17F3N4O2/c1-20-5-6-25-13-4-2-3-10-8-23(9-11(10)13)12-7-21-22-15(24)14(12)16(17,18)19/h2-4,7,14,20H,5-6,8-9H2,1H3. The zero-order chi connectivity index (χ0) is 18.0. The van der Waals surface area contributed by atoms with Gasteiger partial charge < -0.3 is 15.0 Å². The van der Waals surface area contributed by atoms with Gasteiger partial charge in [0.05, 0.1) is 11.9 Å². The molecule has 1 aromatic carbocycles. The van der Waals surface area contributed by atoms with E-state index in [-0.39, 0.29) is 18.8 Å². The first kappa shape index (κ1) is 17.4. The molecule has 1 atom stereocenters. The quantitative estimate of drug-likeness (QED) is 0.826. The van der Waals surface area contributed by atoms with Gasteiger partial charge in [-0.15, -0.1) is 5.11 Å². The highest BCUT2D eigenvalue weighted by Gasteiger charge is 2.50. The highest BCUT2D eigenvalue weighted by Crippen LogP contribution is 2.41. The number of benzene rings is 1. The molecule has 134 valence electrons. The van der Waals surface area contributed by atoms with Crippen LogP contribution >= 0.6 is 0 Å². The number of carbonyl (C=O) groups is 1. The third kappa shape index (κ3) is 3.51. The molecule has 1 amide bonds. The third-order valence-electron chi connectivity index (χ3n) is 4.13. The molecule has 0 saturated carbocycles. The Labute approximate surface area is 142 Å². The topological polar surface area (TPSA) is 66.3 Å². The fourth-order valence-electron chi connectivity index (χ4n) is 2.95. The van der Waals surface area contributed by atoms with E-state index in [2.05, 4.69) is 15.5 Å².